The Bertz CT molecular complexity index is 255. The lowest BCUT2D eigenvalue weighted by atomic mass is 10.1. The molecule has 0 radical (unpaired) electrons. The van der Waals surface area contributed by atoms with E-state index in [1.807, 2.05) is 13.2 Å². The molecule has 1 N–H and O–H groups in total. The van der Waals surface area contributed by atoms with E-state index in [1.54, 1.807) is 0 Å². The molecule has 14 heavy (non-hydrogen) atoms. The van der Waals surface area contributed by atoms with Crippen LogP contribution in [0.3, 0.4) is 0 Å². The second-order valence-electron chi connectivity index (χ2n) is 3.93. The van der Waals surface area contributed by atoms with Gasteiger partial charge in [0.1, 0.15) is 0 Å². The molecule has 3 heteroatoms. The minimum atomic E-state index is 0.718. The molecule has 0 aliphatic carbocycles. The van der Waals surface area contributed by atoms with Crippen molar-refractivity contribution in [1.82, 2.24) is 15.1 Å². The summed E-state index contributed by atoms with van der Waals surface area (Å²) < 4.78 is 2.11. The van der Waals surface area contributed by atoms with Crippen LogP contribution in [0, 0.1) is 5.92 Å². The fraction of sp³-hybridized carbons (Fsp3) is 0.727. The molecule has 0 aliphatic rings. The summed E-state index contributed by atoms with van der Waals surface area (Å²) in [4.78, 5) is 0. The van der Waals surface area contributed by atoms with Crippen LogP contribution >= 0.6 is 0 Å². The Hall–Kier alpha value is -0.830. The van der Waals surface area contributed by atoms with Crippen LogP contribution in [0.5, 0.6) is 0 Å². The molecule has 1 aromatic rings. The molecule has 1 unspecified atom stereocenters. The minimum absolute atomic E-state index is 0.718. The zero-order valence-electron chi connectivity index (χ0n) is 9.45. The Balaban J connectivity index is 2.52. The highest BCUT2D eigenvalue weighted by Gasteiger charge is 2.05. The number of nitrogens with zero attached hydrogens (tertiary/aromatic N) is 2. The molecule has 0 bridgehead atoms. The fourth-order valence-corrected chi connectivity index (χ4v) is 1.74. The molecule has 0 spiro atoms. The molecule has 0 saturated carbocycles. The van der Waals surface area contributed by atoms with E-state index in [0.717, 1.165) is 19.0 Å². The number of aromatic nitrogens is 2. The SMILES string of the molecule is CCCC(C)Cn1nccc1CNC. The molecule has 0 aromatic carbocycles. The molecule has 0 saturated heterocycles. The predicted molar refractivity (Wildman–Crippen MR) is 59.1 cm³/mol. The van der Waals surface area contributed by atoms with Crippen molar-refractivity contribution in [2.45, 2.75) is 39.8 Å². The van der Waals surface area contributed by atoms with Crippen molar-refractivity contribution in [2.24, 2.45) is 5.92 Å². The monoisotopic (exact) mass is 195 g/mol. The Morgan fingerprint density at radius 2 is 2.36 bits per heavy atom. The van der Waals surface area contributed by atoms with Crippen LogP contribution in [0.2, 0.25) is 0 Å². The second kappa shape index (κ2) is 5.81. The maximum absolute atomic E-state index is 4.33. The lowest BCUT2D eigenvalue weighted by Gasteiger charge is -2.12. The molecule has 3 nitrogen and oxygen atoms in total. The van der Waals surface area contributed by atoms with Crippen molar-refractivity contribution in [3.05, 3.63) is 18.0 Å². The Labute approximate surface area is 86.5 Å². The number of rotatable bonds is 6. The summed E-state index contributed by atoms with van der Waals surface area (Å²) in [6, 6.07) is 2.08. The maximum Gasteiger partial charge on any atom is 0.0522 e. The van der Waals surface area contributed by atoms with Gasteiger partial charge in [-0.05, 0) is 25.5 Å². The first-order valence-electron chi connectivity index (χ1n) is 5.43. The van der Waals surface area contributed by atoms with Gasteiger partial charge in [0.15, 0.2) is 0 Å². The average molecular weight is 195 g/mol. The Kier molecular flexibility index (Phi) is 4.66. The summed E-state index contributed by atoms with van der Waals surface area (Å²) in [5.74, 6) is 0.718. The molecule has 1 rings (SSSR count). The standard InChI is InChI=1S/C11H21N3/c1-4-5-10(2)9-14-11(8-12-3)6-7-13-14/h6-7,10,12H,4-5,8-9H2,1-3H3. The molecule has 1 atom stereocenters. The van der Waals surface area contributed by atoms with Crippen molar-refractivity contribution in [2.75, 3.05) is 7.05 Å². The van der Waals surface area contributed by atoms with E-state index in [1.165, 1.54) is 18.5 Å². The summed E-state index contributed by atoms with van der Waals surface area (Å²) in [7, 11) is 1.97. The predicted octanol–water partition coefficient (Wildman–Crippen LogP) is 2.04. The van der Waals surface area contributed by atoms with Gasteiger partial charge in [-0.25, -0.2) is 0 Å². The maximum atomic E-state index is 4.33. The summed E-state index contributed by atoms with van der Waals surface area (Å²) in [5.41, 5.74) is 1.27. The van der Waals surface area contributed by atoms with Gasteiger partial charge in [-0.2, -0.15) is 5.10 Å². The normalized spacial score (nSPS) is 13.1. The van der Waals surface area contributed by atoms with Crippen molar-refractivity contribution in [3.63, 3.8) is 0 Å². The zero-order chi connectivity index (χ0) is 10.4. The van der Waals surface area contributed by atoms with Gasteiger partial charge in [-0.1, -0.05) is 20.3 Å². The molecule has 0 amide bonds. The van der Waals surface area contributed by atoms with Gasteiger partial charge in [0.2, 0.25) is 0 Å². The van der Waals surface area contributed by atoms with Crippen molar-refractivity contribution in [3.8, 4) is 0 Å². The first-order valence-corrected chi connectivity index (χ1v) is 5.43. The second-order valence-corrected chi connectivity index (χ2v) is 3.93. The lowest BCUT2D eigenvalue weighted by molar-refractivity contribution is 0.409. The van der Waals surface area contributed by atoms with Crippen LogP contribution in [0.25, 0.3) is 0 Å². The van der Waals surface area contributed by atoms with Crippen LogP contribution in [-0.4, -0.2) is 16.8 Å². The van der Waals surface area contributed by atoms with Crippen LogP contribution in [0.4, 0.5) is 0 Å². The highest BCUT2D eigenvalue weighted by Crippen LogP contribution is 2.09. The summed E-state index contributed by atoms with van der Waals surface area (Å²) in [6.07, 6.45) is 4.41. The largest absolute Gasteiger partial charge is 0.314 e. The first kappa shape index (κ1) is 11.2. The van der Waals surface area contributed by atoms with E-state index in [2.05, 4.69) is 35.0 Å². The van der Waals surface area contributed by atoms with E-state index < -0.39 is 0 Å². The van der Waals surface area contributed by atoms with Crippen LogP contribution in [-0.2, 0) is 13.1 Å². The van der Waals surface area contributed by atoms with E-state index >= 15 is 0 Å². The van der Waals surface area contributed by atoms with Gasteiger partial charge in [0.25, 0.3) is 0 Å². The topological polar surface area (TPSA) is 29.9 Å². The summed E-state index contributed by atoms with van der Waals surface area (Å²) in [6.45, 7) is 6.46. The van der Waals surface area contributed by atoms with Gasteiger partial charge in [-0.15, -0.1) is 0 Å². The lowest BCUT2D eigenvalue weighted by Crippen LogP contribution is -2.15. The number of nitrogens with one attached hydrogen (secondary N) is 1. The summed E-state index contributed by atoms with van der Waals surface area (Å²) >= 11 is 0. The fourth-order valence-electron chi connectivity index (χ4n) is 1.74. The third kappa shape index (κ3) is 3.14. The van der Waals surface area contributed by atoms with Gasteiger partial charge >= 0.3 is 0 Å². The van der Waals surface area contributed by atoms with Gasteiger partial charge in [-0.3, -0.25) is 4.68 Å². The van der Waals surface area contributed by atoms with Crippen molar-refractivity contribution >= 4 is 0 Å². The van der Waals surface area contributed by atoms with Gasteiger partial charge in [0, 0.05) is 19.3 Å². The molecule has 0 fully saturated rings. The Morgan fingerprint density at radius 1 is 1.57 bits per heavy atom. The average Bonchev–Trinajstić information content (AvgIpc) is 2.54. The van der Waals surface area contributed by atoms with Crippen LogP contribution < -0.4 is 5.32 Å². The third-order valence-corrected chi connectivity index (χ3v) is 2.43. The first-order chi connectivity index (χ1) is 6.77. The minimum Gasteiger partial charge on any atom is -0.314 e. The van der Waals surface area contributed by atoms with Crippen LogP contribution in [0.1, 0.15) is 32.4 Å². The summed E-state index contributed by atoms with van der Waals surface area (Å²) in [5, 5.41) is 7.49. The van der Waals surface area contributed by atoms with Crippen LogP contribution in [0.15, 0.2) is 12.3 Å². The highest BCUT2D eigenvalue weighted by atomic mass is 15.3. The molecule has 0 aliphatic heterocycles. The van der Waals surface area contributed by atoms with E-state index in [0.29, 0.717) is 0 Å². The number of hydrogen-bond acceptors (Lipinski definition) is 2. The van der Waals surface area contributed by atoms with E-state index in [9.17, 15) is 0 Å². The Morgan fingerprint density at radius 3 is 3.00 bits per heavy atom. The molecular weight excluding hydrogens is 174 g/mol. The smallest absolute Gasteiger partial charge is 0.0522 e. The van der Waals surface area contributed by atoms with Crippen molar-refractivity contribution in [1.29, 1.82) is 0 Å². The molecular formula is C11H21N3. The highest BCUT2D eigenvalue weighted by molar-refractivity contribution is 4.99. The van der Waals surface area contributed by atoms with Gasteiger partial charge < -0.3 is 5.32 Å². The van der Waals surface area contributed by atoms with E-state index in [4.69, 9.17) is 0 Å². The zero-order valence-corrected chi connectivity index (χ0v) is 9.45. The quantitative estimate of drug-likeness (QED) is 0.752. The molecule has 1 heterocycles. The third-order valence-electron chi connectivity index (χ3n) is 2.43. The van der Waals surface area contributed by atoms with Crippen molar-refractivity contribution < 1.29 is 0 Å². The molecule has 1 aromatic heterocycles. The number of hydrogen-bond donors (Lipinski definition) is 1. The van der Waals surface area contributed by atoms with E-state index in [-0.39, 0.29) is 0 Å². The van der Waals surface area contributed by atoms with Gasteiger partial charge in [0.05, 0.1) is 5.69 Å². The molecule has 80 valence electrons.